The van der Waals surface area contributed by atoms with Crippen molar-refractivity contribution in [2.45, 2.75) is 20.8 Å². The van der Waals surface area contributed by atoms with Crippen LogP contribution in [0.25, 0.3) is 11.3 Å². The van der Waals surface area contributed by atoms with Gasteiger partial charge in [-0.05, 0) is 26.8 Å². The van der Waals surface area contributed by atoms with Gasteiger partial charge in [-0.1, -0.05) is 11.6 Å². The van der Waals surface area contributed by atoms with Gasteiger partial charge < -0.3 is 4.74 Å². The van der Waals surface area contributed by atoms with Crippen molar-refractivity contribution in [2.75, 3.05) is 6.61 Å². The smallest absolute Gasteiger partial charge is 0.155 e. The summed E-state index contributed by atoms with van der Waals surface area (Å²) in [5, 5.41) is 0.383. The molecule has 0 aliphatic rings. The summed E-state index contributed by atoms with van der Waals surface area (Å²) in [5.41, 5.74) is 3.13. The summed E-state index contributed by atoms with van der Waals surface area (Å²) in [6.07, 6.45) is 3.36. The second-order valence-electron chi connectivity index (χ2n) is 3.88. The third-order valence-electron chi connectivity index (χ3n) is 2.56. The van der Waals surface area contributed by atoms with E-state index in [-0.39, 0.29) is 0 Å². The molecule has 2 aromatic rings. The van der Waals surface area contributed by atoms with Gasteiger partial charge in [-0.2, -0.15) is 0 Å². The summed E-state index contributed by atoms with van der Waals surface area (Å²) < 4.78 is 5.41. The highest BCUT2D eigenvalue weighted by atomic mass is 35.5. The fourth-order valence-corrected chi connectivity index (χ4v) is 1.83. The Labute approximate surface area is 111 Å². The number of hydrogen-bond acceptors (Lipinski definition) is 4. The molecule has 0 saturated heterocycles. The molecule has 0 bridgehead atoms. The minimum atomic E-state index is 0.383. The van der Waals surface area contributed by atoms with E-state index in [9.17, 15) is 0 Å². The Kier molecular flexibility index (Phi) is 3.77. The third kappa shape index (κ3) is 2.59. The Morgan fingerprint density at radius 3 is 2.61 bits per heavy atom. The summed E-state index contributed by atoms with van der Waals surface area (Å²) >= 11 is 6.12. The first-order chi connectivity index (χ1) is 8.61. The summed E-state index contributed by atoms with van der Waals surface area (Å²) in [6.45, 7) is 6.31. The van der Waals surface area contributed by atoms with Gasteiger partial charge in [-0.25, -0.2) is 9.97 Å². The SMILES string of the molecule is CCOc1cncc(-c2nc(C)c(C)nc2Cl)c1. The first-order valence-corrected chi connectivity index (χ1v) is 6.08. The predicted molar refractivity (Wildman–Crippen MR) is 70.9 cm³/mol. The molecule has 0 amide bonds. The second-order valence-corrected chi connectivity index (χ2v) is 4.23. The minimum Gasteiger partial charge on any atom is -0.492 e. The van der Waals surface area contributed by atoms with Crippen LogP contribution >= 0.6 is 11.6 Å². The van der Waals surface area contributed by atoms with Crippen LogP contribution in [0.4, 0.5) is 0 Å². The first kappa shape index (κ1) is 12.8. The molecule has 0 aromatic carbocycles. The Morgan fingerprint density at radius 1 is 1.17 bits per heavy atom. The zero-order valence-corrected chi connectivity index (χ0v) is 11.3. The third-order valence-corrected chi connectivity index (χ3v) is 2.83. The van der Waals surface area contributed by atoms with E-state index in [1.54, 1.807) is 12.4 Å². The Bertz CT molecular complexity index is 572. The molecule has 18 heavy (non-hydrogen) atoms. The van der Waals surface area contributed by atoms with E-state index in [2.05, 4.69) is 15.0 Å². The van der Waals surface area contributed by atoms with Crippen molar-refractivity contribution in [3.63, 3.8) is 0 Å². The number of aryl methyl sites for hydroxylation is 2. The lowest BCUT2D eigenvalue weighted by Crippen LogP contribution is -1.98. The molecule has 0 fully saturated rings. The molecule has 0 aliphatic carbocycles. The number of pyridine rings is 1. The molecule has 0 atom stereocenters. The van der Waals surface area contributed by atoms with Crippen molar-refractivity contribution in [3.05, 3.63) is 35.0 Å². The van der Waals surface area contributed by atoms with E-state index in [0.29, 0.717) is 23.2 Å². The summed E-state index contributed by atoms with van der Waals surface area (Å²) in [7, 11) is 0. The van der Waals surface area contributed by atoms with Gasteiger partial charge in [0.2, 0.25) is 0 Å². The van der Waals surface area contributed by atoms with Crippen molar-refractivity contribution in [1.82, 2.24) is 15.0 Å². The summed E-state index contributed by atoms with van der Waals surface area (Å²) in [6, 6.07) is 1.86. The molecule has 0 radical (unpaired) electrons. The van der Waals surface area contributed by atoms with Gasteiger partial charge in [0.1, 0.15) is 11.4 Å². The largest absolute Gasteiger partial charge is 0.492 e. The van der Waals surface area contributed by atoms with Gasteiger partial charge in [0.05, 0.1) is 24.2 Å². The number of aromatic nitrogens is 3. The highest BCUT2D eigenvalue weighted by molar-refractivity contribution is 6.31. The number of halogens is 1. The number of rotatable bonds is 3. The lowest BCUT2D eigenvalue weighted by molar-refractivity contribution is 0.339. The second kappa shape index (κ2) is 5.31. The van der Waals surface area contributed by atoms with Gasteiger partial charge in [-0.3, -0.25) is 4.98 Å². The van der Waals surface area contributed by atoms with E-state index in [1.165, 1.54) is 0 Å². The average Bonchev–Trinajstić information content (AvgIpc) is 2.34. The average molecular weight is 264 g/mol. The summed E-state index contributed by atoms with van der Waals surface area (Å²) in [4.78, 5) is 12.8. The normalized spacial score (nSPS) is 10.4. The van der Waals surface area contributed by atoms with Crippen LogP contribution in [0.15, 0.2) is 18.5 Å². The van der Waals surface area contributed by atoms with Gasteiger partial charge in [0.25, 0.3) is 0 Å². The van der Waals surface area contributed by atoms with E-state index >= 15 is 0 Å². The highest BCUT2D eigenvalue weighted by Gasteiger charge is 2.10. The van der Waals surface area contributed by atoms with E-state index in [1.807, 2.05) is 26.8 Å². The predicted octanol–water partition coefficient (Wildman–Crippen LogP) is 3.21. The van der Waals surface area contributed by atoms with Crippen LogP contribution in [-0.4, -0.2) is 21.6 Å². The van der Waals surface area contributed by atoms with Crippen LogP contribution < -0.4 is 4.74 Å². The van der Waals surface area contributed by atoms with E-state index in [0.717, 1.165) is 17.0 Å². The molecule has 94 valence electrons. The lowest BCUT2D eigenvalue weighted by atomic mass is 10.2. The molecule has 2 heterocycles. The van der Waals surface area contributed by atoms with Gasteiger partial charge in [0.15, 0.2) is 5.15 Å². The fourth-order valence-electron chi connectivity index (χ4n) is 1.55. The van der Waals surface area contributed by atoms with Crippen molar-refractivity contribution < 1.29 is 4.74 Å². The molecule has 2 rings (SSSR count). The Balaban J connectivity index is 2.48. The Morgan fingerprint density at radius 2 is 1.89 bits per heavy atom. The van der Waals surface area contributed by atoms with E-state index in [4.69, 9.17) is 16.3 Å². The van der Waals surface area contributed by atoms with Gasteiger partial charge in [-0.15, -0.1) is 0 Å². The topological polar surface area (TPSA) is 47.9 Å². The molecule has 0 aliphatic heterocycles. The molecule has 5 heteroatoms. The molecular weight excluding hydrogens is 250 g/mol. The van der Waals surface area contributed by atoms with Crippen molar-refractivity contribution in [2.24, 2.45) is 0 Å². The van der Waals surface area contributed by atoms with Crippen LogP contribution in [0, 0.1) is 13.8 Å². The molecule has 0 unspecified atom stereocenters. The van der Waals surface area contributed by atoms with Crippen LogP contribution in [0.1, 0.15) is 18.3 Å². The minimum absolute atomic E-state index is 0.383. The maximum Gasteiger partial charge on any atom is 0.155 e. The quantitative estimate of drug-likeness (QED) is 0.853. The molecule has 4 nitrogen and oxygen atoms in total. The fraction of sp³-hybridized carbons (Fsp3) is 0.308. The maximum absolute atomic E-state index is 6.12. The molecule has 0 spiro atoms. The highest BCUT2D eigenvalue weighted by Crippen LogP contribution is 2.27. The van der Waals surface area contributed by atoms with Crippen molar-refractivity contribution in [3.8, 4) is 17.0 Å². The number of ether oxygens (including phenoxy) is 1. The number of nitrogens with zero attached hydrogens (tertiary/aromatic N) is 3. The molecule has 0 N–H and O–H groups in total. The van der Waals surface area contributed by atoms with Crippen LogP contribution in [-0.2, 0) is 0 Å². The number of hydrogen-bond donors (Lipinski definition) is 0. The molecule has 0 saturated carbocycles. The standard InChI is InChI=1S/C13H14ClN3O/c1-4-18-11-5-10(6-15-7-11)12-13(14)17-9(3)8(2)16-12/h5-7H,4H2,1-3H3. The van der Waals surface area contributed by atoms with Gasteiger partial charge in [0, 0.05) is 11.8 Å². The maximum atomic E-state index is 6.12. The lowest BCUT2D eigenvalue weighted by Gasteiger charge is -2.08. The molecular formula is C13H14ClN3O. The molecule has 2 aromatic heterocycles. The monoisotopic (exact) mass is 263 g/mol. The van der Waals surface area contributed by atoms with Crippen molar-refractivity contribution >= 4 is 11.6 Å². The Hall–Kier alpha value is -1.68. The van der Waals surface area contributed by atoms with Crippen LogP contribution in [0.2, 0.25) is 5.15 Å². The first-order valence-electron chi connectivity index (χ1n) is 5.70. The van der Waals surface area contributed by atoms with Crippen molar-refractivity contribution in [1.29, 1.82) is 0 Å². The zero-order chi connectivity index (χ0) is 13.1. The van der Waals surface area contributed by atoms with Gasteiger partial charge >= 0.3 is 0 Å². The van der Waals surface area contributed by atoms with Crippen LogP contribution in [0.5, 0.6) is 5.75 Å². The zero-order valence-electron chi connectivity index (χ0n) is 10.6. The van der Waals surface area contributed by atoms with Crippen LogP contribution in [0.3, 0.4) is 0 Å². The summed E-state index contributed by atoms with van der Waals surface area (Å²) in [5.74, 6) is 0.700. The van der Waals surface area contributed by atoms with E-state index < -0.39 is 0 Å².